The zero-order chi connectivity index (χ0) is 8.72. The van der Waals surface area contributed by atoms with Gasteiger partial charge in [-0.15, -0.1) is 11.3 Å². The summed E-state index contributed by atoms with van der Waals surface area (Å²) in [5, 5.41) is -0.232. The number of thiophene rings is 1. The van der Waals surface area contributed by atoms with Gasteiger partial charge in [0.2, 0.25) is 0 Å². The summed E-state index contributed by atoms with van der Waals surface area (Å²) in [6.07, 6.45) is 0. The van der Waals surface area contributed by atoms with Gasteiger partial charge >= 0.3 is 0 Å². The van der Waals surface area contributed by atoms with Crippen LogP contribution in [0.2, 0.25) is 0 Å². The Morgan fingerprint density at radius 3 is 2.50 bits per heavy atom. The molecule has 1 heterocycles. The highest BCUT2D eigenvalue weighted by Gasteiger charge is 2.07. The van der Waals surface area contributed by atoms with Crippen molar-refractivity contribution in [3.05, 3.63) is 35.0 Å². The van der Waals surface area contributed by atoms with Crippen molar-refractivity contribution in [2.45, 2.75) is 0 Å². The molecule has 0 amide bonds. The van der Waals surface area contributed by atoms with E-state index in [1.54, 1.807) is 0 Å². The summed E-state index contributed by atoms with van der Waals surface area (Å²) in [6, 6.07) is 2.97. The molecule has 2 rings (SSSR count). The number of rotatable bonds is 0. The molecule has 0 saturated carbocycles. The van der Waals surface area contributed by atoms with E-state index in [4.69, 9.17) is 0 Å². The second kappa shape index (κ2) is 2.48. The first kappa shape index (κ1) is 7.61. The van der Waals surface area contributed by atoms with E-state index in [0.717, 1.165) is 18.2 Å². The minimum atomic E-state index is -0.709. The van der Waals surface area contributed by atoms with Crippen molar-refractivity contribution in [2.75, 3.05) is 0 Å². The lowest BCUT2D eigenvalue weighted by atomic mass is 10.2. The zero-order valence-corrected chi connectivity index (χ0v) is 6.59. The largest absolute Gasteiger partial charge is 0.207 e. The van der Waals surface area contributed by atoms with Crippen molar-refractivity contribution in [1.82, 2.24) is 0 Å². The second-order valence-electron chi connectivity index (χ2n) is 2.36. The van der Waals surface area contributed by atoms with Gasteiger partial charge in [-0.1, -0.05) is 0 Å². The molecule has 1 aromatic carbocycles. The Kier molecular flexibility index (Phi) is 1.58. The van der Waals surface area contributed by atoms with Crippen LogP contribution in [0.5, 0.6) is 0 Å². The molecule has 1 aromatic heterocycles. The number of fused-ring (bicyclic) bond motifs is 1. The molecule has 0 bridgehead atoms. The van der Waals surface area contributed by atoms with Crippen LogP contribution < -0.4 is 0 Å². The van der Waals surface area contributed by atoms with E-state index in [2.05, 4.69) is 0 Å². The lowest BCUT2D eigenvalue weighted by Crippen LogP contribution is -1.77. The van der Waals surface area contributed by atoms with Gasteiger partial charge in [0.1, 0.15) is 11.6 Å². The molecule has 0 atom stereocenters. The predicted octanol–water partition coefficient (Wildman–Crippen LogP) is 3.32. The summed E-state index contributed by atoms with van der Waals surface area (Å²) in [6.45, 7) is 0. The molecule has 62 valence electrons. The van der Waals surface area contributed by atoms with Crippen LogP contribution in [0.1, 0.15) is 0 Å². The monoisotopic (exact) mass is 188 g/mol. The first-order valence-electron chi connectivity index (χ1n) is 3.21. The van der Waals surface area contributed by atoms with E-state index < -0.39 is 16.8 Å². The van der Waals surface area contributed by atoms with Gasteiger partial charge in [-0.25, -0.2) is 8.78 Å². The fraction of sp³-hybridized carbons (Fsp3) is 0. The van der Waals surface area contributed by atoms with Crippen LogP contribution in [0.4, 0.5) is 13.2 Å². The molecule has 0 fully saturated rings. The van der Waals surface area contributed by atoms with Gasteiger partial charge < -0.3 is 0 Å². The standard InChI is InChI=1S/C8H3F3S/c9-5-1-4-2-7(11)12-8(4)6(10)3-5/h1-3H. The van der Waals surface area contributed by atoms with Gasteiger partial charge in [0.05, 0.1) is 4.70 Å². The molecule has 4 heteroatoms. The lowest BCUT2D eigenvalue weighted by Gasteiger charge is -1.91. The first-order chi connectivity index (χ1) is 5.66. The van der Waals surface area contributed by atoms with Crippen LogP contribution in [-0.2, 0) is 0 Å². The first-order valence-corrected chi connectivity index (χ1v) is 4.02. The molecule has 0 aliphatic rings. The van der Waals surface area contributed by atoms with Crippen LogP contribution in [0.25, 0.3) is 10.1 Å². The Morgan fingerprint density at radius 2 is 1.75 bits per heavy atom. The summed E-state index contributed by atoms with van der Waals surface area (Å²) in [4.78, 5) is 0. The molecular formula is C8H3F3S. The van der Waals surface area contributed by atoms with Gasteiger partial charge in [0.15, 0.2) is 5.13 Å². The maximum atomic E-state index is 12.9. The average molecular weight is 188 g/mol. The maximum Gasteiger partial charge on any atom is 0.177 e. The normalized spacial score (nSPS) is 10.9. The van der Waals surface area contributed by atoms with E-state index in [-0.39, 0.29) is 10.1 Å². The van der Waals surface area contributed by atoms with E-state index >= 15 is 0 Å². The molecule has 0 N–H and O–H groups in total. The topological polar surface area (TPSA) is 0 Å². The van der Waals surface area contributed by atoms with Gasteiger partial charge in [0.25, 0.3) is 0 Å². The lowest BCUT2D eigenvalue weighted by molar-refractivity contribution is 0.593. The molecular weight excluding hydrogens is 185 g/mol. The van der Waals surface area contributed by atoms with Gasteiger partial charge in [-0.2, -0.15) is 4.39 Å². The number of hydrogen-bond acceptors (Lipinski definition) is 1. The Balaban J connectivity index is 2.88. The van der Waals surface area contributed by atoms with Crippen molar-refractivity contribution >= 4 is 21.4 Å². The Bertz CT molecular complexity index is 433. The van der Waals surface area contributed by atoms with E-state index in [0.29, 0.717) is 11.3 Å². The zero-order valence-electron chi connectivity index (χ0n) is 5.77. The third-order valence-electron chi connectivity index (χ3n) is 1.51. The van der Waals surface area contributed by atoms with Crippen molar-refractivity contribution in [3.63, 3.8) is 0 Å². The van der Waals surface area contributed by atoms with Crippen LogP contribution in [0.15, 0.2) is 18.2 Å². The molecule has 0 aliphatic carbocycles. The number of hydrogen-bond donors (Lipinski definition) is 0. The molecule has 0 radical (unpaired) electrons. The third-order valence-corrected chi connectivity index (χ3v) is 2.45. The van der Waals surface area contributed by atoms with Crippen LogP contribution in [0.3, 0.4) is 0 Å². The highest BCUT2D eigenvalue weighted by atomic mass is 32.1. The van der Waals surface area contributed by atoms with Crippen LogP contribution in [0, 0.1) is 16.8 Å². The minimum absolute atomic E-state index is 0.161. The minimum Gasteiger partial charge on any atom is -0.207 e. The number of benzene rings is 1. The van der Waals surface area contributed by atoms with Gasteiger partial charge in [-0.3, -0.25) is 0 Å². The van der Waals surface area contributed by atoms with Crippen molar-refractivity contribution < 1.29 is 13.2 Å². The van der Waals surface area contributed by atoms with Crippen molar-refractivity contribution in [2.24, 2.45) is 0 Å². The Morgan fingerprint density at radius 1 is 1.00 bits per heavy atom. The van der Waals surface area contributed by atoms with E-state index in [1.165, 1.54) is 0 Å². The van der Waals surface area contributed by atoms with Gasteiger partial charge in [-0.05, 0) is 12.1 Å². The number of halogens is 3. The van der Waals surface area contributed by atoms with E-state index in [1.807, 2.05) is 0 Å². The molecule has 0 nitrogen and oxygen atoms in total. The molecule has 12 heavy (non-hydrogen) atoms. The van der Waals surface area contributed by atoms with E-state index in [9.17, 15) is 13.2 Å². The van der Waals surface area contributed by atoms with Crippen LogP contribution >= 0.6 is 11.3 Å². The fourth-order valence-electron chi connectivity index (χ4n) is 1.04. The molecule has 0 saturated heterocycles. The molecule has 0 unspecified atom stereocenters. The molecule has 2 aromatic rings. The Labute approximate surface area is 70.3 Å². The molecule has 0 spiro atoms. The predicted molar refractivity (Wildman–Crippen MR) is 41.7 cm³/mol. The summed E-state index contributed by atoms with van der Waals surface area (Å²) < 4.78 is 38.1. The fourth-order valence-corrected chi connectivity index (χ4v) is 1.82. The van der Waals surface area contributed by atoms with Crippen molar-refractivity contribution in [1.29, 1.82) is 0 Å². The summed E-state index contributed by atoms with van der Waals surface area (Å²) in [5.41, 5.74) is 0. The molecule has 0 aliphatic heterocycles. The van der Waals surface area contributed by atoms with Crippen LogP contribution in [-0.4, -0.2) is 0 Å². The second-order valence-corrected chi connectivity index (χ2v) is 3.36. The average Bonchev–Trinajstić information content (AvgIpc) is 2.29. The highest BCUT2D eigenvalue weighted by Crippen LogP contribution is 2.27. The highest BCUT2D eigenvalue weighted by molar-refractivity contribution is 7.17. The third kappa shape index (κ3) is 1.08. The van der Waals surface area contributed by atoms with Crippen molar-refractivity contribution in [3.8, 4) is 0 Å². The van der Waals surface area contributed by atoms with Gasteiger partial charge in [0, 0.05) is 11.5 Å². The Hall–Kier alpha value is -1.03. The smallest absolute Gasteiger partial charge is 0.177 e. The summed E-state index contributed by atoms with van der Waals surface area (Å²) >= 11 is 0.679. The maximum absolute atomic E-state index is 12.9. The summed E-state index contributed by atoms with van der Waals surface area (Å²) in [7, 11) is 0. The summed E-state index contributed by atoms with van der Waals surface area (Å²) in [5.74, 6) is -1.39. The quantitative estimate of drug-likeness (QED) is 0.595. The SMILES string of the molecule is Fc1cc(F)c2sc(F)cc2c1.